The molecule has 0 bridgehead atoms. The summed E-state index contributed by atoms with van der Waals surface area (Å²) in [7, 11) is 1.51. The van der Waals surface area contributed by atoms with Gasteiger partial charge in [-0.1, -0.05) is 13.8 Å². The fraction of sp³-hybridized carbons (Fsp3) is 0.667. The van der Waals surface area contributed by atoms with Crippen molar-refractivity contribution < 1.29 is 0 Å². The van der Waals surface area contributed by atoms with Crippen LogP contribution >= 0.6 is 0 Å². The number of hydrogen-bond acceptors (Lipinski definition) is 4. The lowest BCUT2D eigenvalue weighted by Crippen LogP contribution is -2.39. The summed E-state index contributed by atoms with van der Waals surface area (Å²) in [4.78, 5) is 29.6. The average Bonchev–Trinajstić information content (AvgIpc) is 2.88. The van der Waals surface area contributed by atoms with Crippen LogP contribution in [-0.2, 0) is 20.0 Å². The van der Waals surface area contributed by atoms with Crippen LogP contribution in [0.1, 0.15) is 45.5 Å². The standard InChI is InChI=1S/C15H25N5O2/c1-5-7-11-17-13-12(20(11)10(3)9-16)14(21)18(4)15(22)19(13)8-6-2/h10H,5-9,16H2,1-4H3. The van der Waals surface area contributed by atoms with Crippen molar-refractivity contribution in [2.24, 2.45) is 12.8 Å². The summed E-state index contributed by atoms with van der Waals surface area (Å²) in [5.74, 6) is 0.822. The second-order valence-corrected chi connectivity index (χ2v) is 5.70. The van der Waals surface area contributed by atoms with Crippen molar-refractivity contribution >= 4 is 11.2 Å². The van der Waals surface area contributed by atoms with Crippen LogP contribution in [0.4, 0.5) is 0 Å². The molecular weight excluding hydrogens is 282 g/mol. The molecular formula is C15H25N5O2. The highest BCUT2D eigenvalue weighted by Gasteiger charge is 2.22. The number of aryl methyl sites for hydroxylation is 2. The molecule has 0 fully saturated rings. The monoisotopic (exact) mass is 307 g/mol. The van der Waals surface area contributed by atoms with E-state index in [-0.39, 0.29) is 17.3 Å². The van der Waals surface area contributed by atoms with E-state index in [4.69, 9.17) is 5.73 Å². The number of imidazole rings is 1. The molecule has 22 heavy (non-hydrogen) atoms. The molecule has 1 unspecified atom stereocenters. The molecule has 0 saturated carbocycles. The molecule has 2 aromatic rings. The van der Waals surface area contributed by atoms with Crippen molar-refractivity contribution in [2.75, 3.05) is 6.54 Å². The quantitative estimate of drug-likeness (QED) is 0.854. The number of hydrogen-bond donors (Lipinski definition) is 1. The van der Waals surface area contributed by atoms with Crippen LogP contribution < -0.4 is 17.0 Å². The number of nitrogens with two attached hydrogens (primary N) is 1. The maximum atomic E-state index is 12.6. The first-order valence-electron chi connectivity index (χ1n) is 7.88. The number of rotatable bonds is 6. The Hall–Kier alpha value is -1.89. The molecule has 2 aromatic heterocycles. The Morgan fingerprint density at radius 2 is 1.91 bits per heavy atom. The lowest BCUT2D eigenvalue weighted by atomic mass is 10.2. The molecule has 1 atom stereocenters. The maximum absolute atomic E-state index is 12.6. The van der Waals surface area contributed by atoms with Gasteiger partial charge in [0.05, 0.1) is 0 Å². The van der Waals surface area contributed by atoms with Gasteiger partial charge in [0, 0.05) is 32.6 Å². The van der Waals surface area contributed by atoms with Crippen molar-refractivity contribution in [1.29, 1.82) is 0 Å². The van der Waals surface area contributed by atoms with Crippen molar-refractivity contribution in [3.8, 4) is 0 Å². The third-order valence-electron chi connectivity index (χ3n) is 3.95. The van der Waals surface area contributed by atoms with Crippen LogP contribution in [0.3, 0.4) is 0 Å². The Bertz CT molecular complexity index is 784. The SMILES string of the molecule is CCCc1nc2c(c(=O)n(C)c(=O)n2CCC)n1C(C)CN. The molecule has 7 nitrogen and oxygen atoms in total. The molecule has 7 heteroatoms. The predicted molar refractivity (Wildman–Crippen MR) is 87.3 cm³/mol. The van der Waals surface area contributed by atoms with Crippen LogP contribution in [-0.4, -0.2) is 25.2 Å². The van der Waals surface area contributed by atoms with E-state index in [1.54, 1.807) is 4.57 Å². The first-order valence-corrected chi connectivity index (χ1v) is 7.88. The van der Waals surface area contributed by atoms with Gasteiger partial charge in [0.15, 0.2) is 11.2 Å². The van der Waals surface area contributed by atoms with Crippen LogP contribution in [0, 0.1) is 0 Å². The summed E-state index contributed by atoms with van der Waals surface area (Å²) in [5.41, 5.74) is 6.16. The molecule has 0 saturated heterocycles. The first-order chi connectivity index (χ1) is 10.5. The zero-order chi connectivity index (χ0) is 16.4. The minimum Gasteiger partial charge on any atom is -0.328 e. The molecule has 2 N–H and O–H groups in total. The molecule has 2 rings (SSSR count). The molecule has 0 aliphatic heterocycles. The van der Waals surface area contributed by atoms with Gasteiger partial charge < -0.3 is 10.3 Å². The smallest absolute Gasteiger partial charge is 0.328 e. The highest BCUT2D eigenvalue weighted by atomic mass is 16.2. The van der Waals surface area contributed by atoms with Gasteiger partial charge in [0.1, 0.15) is 5.82 Å². The fourth-order valence-corrected chi connectivity index (χ4v) is 2.78. The van der Waals surface area contributed by atoms with E-state index in [0.29, 0.717) is 24.3 Å². The van der Waals surface area contributed by atoms with E-state index >= 15 is 0 Å². The zero-order valence-corrected chi connectivity index (χ0v) is 13.8. The molecule has 0 radical (unpaired) electrons. The Kier molecular flexibility index (Phi) is 4.85. The summed E-state index contributed by atoms with van der Waals surface area (Å²) in [6.07, 6.45) is 2.47. The van der Waals surface area contributed by atoms with E-state index in [9.17, 15) is 9.59 Å². The second-order valence-electron chi connectivity index (χ2n) is 5.70. The van der Waals surface area contributed by atoms with E-state index < -0.39 is 0 Å². The average molecular weight is 307 g/mol. The second kappa shape index (κ2) is 6.48. The van der Waals surface area contributed by atoms with Gasteiger partial charge in [0.2, 0.25) is 0 Å². The molecule has 0 spiro atoms. The summed E-state index contributed by atoms with van der Waals surface area (Å²) in [6.45, 7) is 6.99. The van der Waals surface area contributed by atoms with Crippen molar-refractivity contribution in [3.05, 3.63) is 26.7 Å². The fourth-order valence-electron chi connectivity index (χ4n) is 2.78. The highest BCUT2D eigenvalue weighted by molar-refractivity contribution is 5.71. The molecule has 0 amide bonds. The maximum Gasteiger partial charge on any atom is 0.332 e. The largest absolute Gasteiger partial charge is 0.332 e. The number of fused-ring (bicyclic) bond motifs is 1. The van der Waals surface area contributed by atoms with Crippen LogP contribution in [0.2, 0.25) is 0 Å². The van der Waals surface area contributed by atoms with E-state index in [2.05, 4.69) is 11.9 Å². The van der Waals surface area contributed by atoms with Gasteiger partial charge in [0.25, 0.3) is 5.56 Å². The Morgan fingerprint density at radius 1 is 1.23 bits per heavy atom. The molecule has 0 aromatic carbocycles. The molecule has 0 aliphatic carbocycles. The van der Waals surface area contributed by atoms with Gasteiger partial charge in [-0.3, -0.25) is 13.9 Å². The first kappa shape index (κ1) is 16.5. The van der Waals surface area contributed by atoms with Gasteiger partial charge in [-0.15, -0.1) is 0 Å². The summed E-state index contributed by atoms with van der Waals surface area (Å²) in [6, 6.07) is -0.0353. The molecule has 2 heterocycles. The number of nitrogens with zero attached hydrogens (tertiary/aromatic N) is 4. The zero-order valence-electron chi connectivity index (χ0n) is 13.8. The van der Waals surface area contributed by atoms with Gasteiger partial charge >= 0.3 is 5.69 Å². The Morgan fingerprint density at radius 3 is 2.45 bits per heavy atom. The van der Waals surface area contributed by atoms with Crippen LogP contribution in [0.5, 0.6) is 0 Å². The lowest BCUT2D eigenvalue weighted by Gasteiger charge is -2.15. The summed E-state index contributed by atoms with van der Waals surface area (Å²) < 4.78 is 4.66. The highest BCUT2D eigenvalue weighted by Crippen LogP contribution is 2.18. The topological polar surface area (TPSA) is 87.8 Å². The third kappa shape index (κ3) is 2.49. The van der Waals surface area contributed by atoms with E-state index in [0.717, 1.165) is 29.7 Å². The third-order valence-corrected chi connectivity index (χ3v) is 3.95. The van der Waals surface area contributed by atoms with Crippen molar-refractivity contribution in [2.45, 2.75) is 52.6 Å². The van der Waals surface area contributed by atoms with Crippen LogP contribution in [0.15, 0.2) is 9.59 Å². The van der Waals surface area contributed by atoms with Gasteiger partial charge in [-0.05, 0) is 19.8 Å². The van der Waals surface area contributed by atoms with E-state index in [1.165, 1.54) is 7.05 Å². The Balaban J connectivity index is 2.95. The van der Waals surface area contributed by atoms with Gasteiger partial charge in [-0.2, -0.15) is 0 Å². The summed E-state index contributed by atoms with van der Waals surface area (Å²) >= 11 is 0. The summed E-state index contributed by atoms with van der Waals surface area (Å²) in [5, 5.41) is 0. The van der Waals surface area contributed by atoms with E-state index in [1.807, 2.05) is 18.4 Å². The lowest BCUT2D eigenvalue weighted by molar-refractivity contribution is 0.540. The van der Waals surface area contributed by atoms with Crippen molar-refractivity contribution in [3.63, 3.8) is 0 Å². The minimum absolute atomic E-state index is 0.0353. The normalized spacial score (nSPS) is 13.0. The van der Waals surface area contributed by atoms with Crippen LogP contribution in [0.25, 0.3) is 11.2 Å². The van der Waals surface area contributed by atoms with Gasteiger partial charge in [-0.25, -0.2) is 9.78 Å². The minimum atomic E-state index is -0.313. The molecule has 0 aliphatic rings. The predicted octanol–water partition coefficient (Wildman–Crippen LogP) is 0.779. The molecule has 122 valence electrons. The van der Waals surface area contributed by atoms with Crippen molar-refractivity contribution in [1.82, 2.24) is 18.7 Å². The number of aromatic nitrogens is 4. The Labute approximate surface area is 129 Å².